The minimum absolute atomic E-state index is 0.509. The van der Waals surface area contributed by atoms with Crippen LogP contribution in [0.3, 0.4) is 0 Å². The van der Waals surface area contributed by atoms with E-state index in [1.807, 2.05) is 54.0 Å². The fourth-order valence-corrected chi connectivity index (χ4v) is 4.55. The first-order chi connectivity index (χ1) is 11.2. The minimum atomic E-state index is 0.509. The first-order valence-electron chi connectivity index (χ1n) is 7.72. The summed E-state index contributed by atoms with van der Waals surface area (Å²) in [6.45, 7) is 3.14. The number of aryl methyl sites for hydroxylation is 2. The molecule has 3 aromatic rings. The number of hydrogen-bond acceptors (Lipinski definition) is 4. The number of aromatic nitrogens is 2. The zero-order chi connectivity index (χ0) is 16.1. The van der Waals surface area contributed by atoms with E-state index < -0.39 is 0 Å². The first kappa shape index (κ1) is 16.1. The molecule has 0 aliphatic carbocycles. The molecule has 0 bridgehead atoms. The lowest BCUT2D eigenvalue weighted by atomic mass is 10.2. The number of benzene rings is 1. The molecule has 23 heavy (non-hydrogen) atoms. The molecule has 0 amide bonds. The van der Waals surface area contributed by atoms with Crippen LogP contribution >= 0.6 is 23.1 Å². The van der Waals surface area contributed by atoms with E-state index in [2.05, 4.69) is 40.7 Å². The van der Waals surface area contributed by atoms with Gasteiger partial charge in [0, 0.05) is 44.5 Å². The van der Waals surface area contributed by atoms with Crippen LogP contribution < -0.4 is 5.73 Å². The average Bonchev–Trinajstić information content (AvgIpc) is 3.19. The summed E-state index contributed by atoms with van der Waals surface area (Å²) in [5.41, 5.74) is 6.60. The summed E-state index contributed by atoms with van der Waals surface area (Å²) in [7, 11) is 0. The lowest BCUT2D eigenvalue weighted by Crippen LogP contribution is -2.13. The predicted molar refractivity (Wildman–Crippen MR) is 100 cm³/mol. The number of nitrogens with zero attached hydrogens (tertiary/aromatic N) is 2. The Bertz CT molecular complexity index is 717. The van der Waals surface area contributed by atoms with Crippen molar-refractivity contribution in [3.05, 3.63) is 64.9 Å². The number of thioether (sulfide) groups is 1. The Hall–Kier alpha value is -1.72. The van der Waals surface area contributed by atoms with Gasteiger partial charge >= 0.3 is 0 Å². The van der Waals surface area contributed by atoms with Crippen molar-refractivity contribution in [2.45, 2.75) is 36.5 Å². The molecule has 2 heterocycles. The zero-order valence-corrected chi connectivity index (χ0v) is 14.8. The minimum Gasteiger partial charge on any atom is -0.399 e. The quantitative estimate of drug-likeness (QED) is 0.502. The number of nitrogen functional groups attached to an aromatic ring is 1. The Balaban J connectivity index is 1.66. The topological polar surface area (TPSA) is 43.8 Å². The van der Waals surface area contributed by atoms with Crippen molar-refractivity contribution in [3.63, 3.8) is 0 Å². The van der Waals surface area contributed by atoms with Gasteiger partial charge in [0.05, 0.1) is 6.33 Å². The monoisotopic (exact) mass is 343 g/mol. The Kier molecular flexibility index (Phi) is 5.41. The molecule has 0 aliphatic heterocycles. The SMILES string of the molecule is Cc1ccc(CCC(Cn2ccnc2)Sc2ccc(N)cc2)s1. The number of anilines is 1. The maximum atomic E-state index is 5.78. The van der Waals surface area contributed by atoms with Crippen molar-refractivity contribution < 1.29 is 0 Å². The predicted octanol–water partition coefficient (Wildman–Crippen LogP) is 4.63. The molecule has 5 heteroatoms. The summed E-state index contributed by atoms with van der Waals surface area (Å²) in [4.78, 5) is 8.28. The highest BCUT2D eigenvalue weighted by atomic mass is 32.2. The molecule has 0 aliphatic rings. The Morgan fingerprint density at radius 3 is 2.70 bits per heavy atom. The molecule has 1 aromatic carbocycles. The van der Waals surface area contributed by atoms with Crippen LogP contribution in [0, 0.1) is 6.92 Å². The summed E-state index contributed by atoms with van der Waals surface area (Å²) in [6, 6.07) is 12.6. The highest BCUT2D eigenvalue weighted by molar-refractivity contribution is 8.00. The third-order valence-electron chi connectivity index (χ3n) is 3.67. The van der Waals surface area contributed by atoms with Gasteiger partial charge in [-0.05, 0) is 56.2 Å². The van der Waals surface area contributed by atoms with E-state index in [0.717, 1.165) is 25.1 Å². The third kappa shape index (κ3) is 4.88. The Morgan fingerprint density at radius 1 is 1.22 bits per heavy atom. The molecule has 0 spiro atoms. The lowest BCUT2D eigenvalue weighted by Gasteiger charge is -2.17. The molecule has 3 rings (SSSR count). The van der Waals surface area contributed by atoms with Crippen molar-refractivity contribution >= 4 is 28.8 Å². The largest absolute Gasteiger partial charge is 0.399 e. The maximum absolute atomic E-state index is 5.78. The molecule has 3 nitrogen and oxygen atoms in total. The van der Waals surface area contributed by atoms with Gasteiger partial charge < -0.3 is 10.3 Å². The van der Waals surface area contributed by atoms with Gasteiger partial charge in [-0.15, -0.1) is 23.1 Å². The van der Waals surface area contributed by atoms with E-state index in [1.54, 1.807) is 0 Å². The summed E-state index contributed by atoms with van der Waals surface area (Å²) >= 11 is 3.82. The third-order valence-corrected chi connectivity index (χ3v) is 5.99. The smallest absolute Gasteiger partial charge is 0.0946 e. The second kappa shape index (κ2) is 7.70. The van der Waals surface area contributed by atoms with Gasteiger partial charge in [-0.3, -0.25) is 0 Å². The molecule has 0 saturated carbocycles. The van der Waals surface area contributed by atoms with Crippen LogP contribution in [0.15, 0.2) is 60.0 Å². The lowest BCUT2D eigenvalue weighted by molar-refractivity contribution is 0.626. The van der Waals surface area contributed by atoms with Gasteiger partial charge in [-0.25, -0.2) is 4.98 Å². The van der Waals surface area contributed by atoms with Gasteiger partial charge in [0.25, 0.3) is 0 Å². The molecular weight excluding hydrogens is 322 g/mol. The zero-order valence-electron chi connectivity index (χ0n) is 13.2. The van der Waals surface area contributed by atoms with Gasteiger partial charge in [0.15, 0.2) is 0 Å². The average molecular weight is 344 g/mol. The van der Waals surface area contributed by atoms with Crippen molar-refractivity contribution in [3.8, 4) is 0 Å². The van der Waals surface area contributed by atoms with E-state index in [1.165, 1.54) is 14.6 Å². The van der Waals surface area contributed by atoms with E-state index in [4.69, 9.17) is 5.73 Å². The molecule has 120 valence electrons. The Morgan fingerprint density at radius 2 is 2.04 bits per heavy atom. The van der Waals surface area contributed by atoms with Crippen molar-refractivity contribution in [1.29, 1.82) is 0 Å². The van der Waals surface area contributed by atoms with E-state index in [-0.39, 0.29) is 0 Å². The molecule has 2 aromatic heterocycles. The summed E-state index contributed by atoms with van der Waals surface area (Å²) in [5, 5.41) is 0.509. The highest BCUT2D eigenvalue weighted by Gasteiger charge is 2.12. The van der Waals surface area contributed by atoms with Crippen LogP contribution in [0.2, 0.25) is 0 Å². The first-order valence-corrected chi connectivity index (χ1v) is 9.42. The van der Waals surface area contributed by atoms with Gasteiger partial charge in [-0.1, -0.05) is 0 Å². The van der Waals surface area contributed by atoms with Crippen molar-refractivity contribution in [1.82, 2.24) is 9.55 Å². The number of imidazole rings is 1. The molecular formula is C18H21N3S2. The van der Waals surface area contributed by atoms with E-state index in [0.29, 0.717) is 5.25 Å². The highest BCUT2D eigenvalue weighted by Crippen LogP contribution is 2.29. The second-order valence-electron chi connectivity index (χ2n) is 5.62. The Labute approximate surface area is 145 Å². The van der Waals surface area contributed by atoms with Crippen molar-refractivity contribution in [2.24, 2.45) is 0 Å². The van der Waals surface area contributed by atoms with Crippen molar-refractivity contribution in [2.75, 3.05) is 5.73 Å². The summed E-state index contributed by atoms with van der Waals surface area (Å²) in [5.74, 6) is 0. The number of rotatable bonds is 7. The van der Waals surface area contributed by atoms with Crippen LogP contribution in [0.5, 0.6) is 0 Å². The molecule has 0 radical (unpaired) electrons. The summed E-state index contributed by atoms with van der Waals surface area (Å²) in [6.07, 6.45) is 8.04. The van der Waals surface area contributed by atoms with Crippen LogP contribution in [-0.2, 0) is 13.0 Å². The molecule has 2 N–H and O–H groups in total. The van der Waals surface area contributed by atoms with Crippen LogP contribution in [0.1, 0.15) is 16.2 Å². The molecule has 1 atom stereocenters. The van der Waals surface area contributed by atoms with Gasteiger partial charge in [-0.2, -0.15) is 0 Å². The molecule has 0 saturated heterocycles. The van der Waals surface area contributed by atoms with E-state index >= 15 is 0 Å². The fourth-order valence-electron chi connectivity index (χ4n) is 2.48. The second-order valence-corrected chi connectivity index (χ2v) is 8.37. The number of hydrogen-bond donors (Lipinski definition) is 1. The molecule has 1 unspecified atom stereocenters. The number of nitrogens with two attached hydrogens (primary N) is 1. The van der Waals surface area contributed by atoms with Crippen LogP contribution in [0.4, 0.5) is 5.69 Å². The van der Waals surface area contributed by atoms with Crippen LogP contribution in [-0.4, -0.2) is 14.8 Å². The van der Waals surface area contributed by atoms with Gasteiger partial charge in [0.1, 0.15) is 0 Å². The van der Waals surface area contributed by atoms with Crippen LogP contribution in [0.25, 0.3) is 0 Å². The summed E-state index contributed by atoms with van der Waals surface area (Å²) < 4.78 is 2.16. The van der Waals surface area contributed by atoms with E-state index in [9.17, 15) is 0 Å². The number of thiophene rings is 1. The van der Waals surface area contributed by atoms with Gasteiger partial charge in [0.2, 0.25) is 0 Å². The standard InChI is InChI=1S/C18H21N3S2/c1-14-2-5-16(22-14)8-9-18(12-21-11-10-20-13-21)23-17-6-3-15(19)4-7-17/h2-7,10-11,13,18H,8-9,12,19H2,1H3. The molecule has 0 fully saturated rings. The fraction of sp³-hybridized carbons (Fsp3) is 0.278. The normalized spacial score (nSPS) is 12.4. The maximum Gasteiger partial charge on any atom is 0.0946 e.